The van der Waals surface area contributed by atoms with Crippen LogP contribution in [-0.2, 0) is 17.6 Å². The van der Waals surface area contributed by atoms with Crippen molar-refractivity contribution in [2.45, 2.75) is 25.9 Å². The highest BCUT2D eigenvalue weighted by Crippen LogP contribution is 2.29. The van der Waals surface area contributed by atoms with Gasteiger partial charge in [0, 0.05) is 6.54 Å². The lowest BCUT2D eigenvalue weighted by atomic mass is 9.94. The number of alkyl halides is 3. The molecule has 0 bridgehead atoms. The number of nitrogens with one attached hydrogen (secondary N) is 1. The van der Waals surface area contributed by atoms with Gasteiger partial charge in [0.2, 0.25) is 0 Å². The first-order chi connectivity index (χ1) is 12.9. The molecule has 0 unspecified atom stereocenters. The zero-order valence-electron chi connectivity index (χ0n) is 14.9. The molecule has 0 spiro atoms. The third-order valence-corrected chi connectivity index (χ3v) is 4.56. The van der Waals surface area contributed by atoms with E-state index in [1.54, 1.807) is 0 Å². The minimum Gasteiger partial charge on any atom is -0.348 e. The highest BCUT2D eigenvalue weighted by Gasteiger charge is 2.38. The number of halogens is 3. The molecule has 1 N–H and O–H groups in total. The van der Waals surface area contributed by atoms with Gasteiger partial charge >= 0.3 is 12.1 Å². The molecule has 0 aromatic heterocycles. The molecule has 0 saturated heterocycles. The van der Waals surface area contributed by atoms with Gasteiger partial charge in [-0.05, 0) is 51.9 Å². The van der Waals surface area contributed by atoms with E-state index in [1.807, 2.05) is 47.8 Å². The van der Waals surface area contributed by atoms with Crippen LogP contribution in [0.5, 0.6) is 0 Å². The maximum absolute atomic E-state index is 12.4. The van der Waals surface area contributed by atoms with Gasteiger partial charge in [0.1, 0.15) is 0 Å². The fraction of sp³-hybridized carbons (Fsp3) is 0.227. The standard InChI is InChI=1S/C22H20F3NO/c1-2-15-8-9-17-13-19(16-6-4-3-5-7-16)14-18(20(17)12-15)10-11-26-21(27)22(23,24)25/h3-9,12-14H,2,10-11H2,1H3,(H,26,27). The van der Waals surface area contributed by atoms with E-state index in [-0.39, 0.29) is 6.54 Å². The lowest BCUT2D eigenvalue weighted by Gasteiger charge is -2.13. The fourth-order valence-corrected chi connectivity index (χ4v) is 3.12. The molecule has 1 amide bonds. The first kappa shape index (κ1) is 19.0. The molecule has 0 aliphatic rings. The Bertz CT molecular complexity index is 949. The van der Waals surface area contributed by atoms with E-state index < -0.39 is 12.1 Å². The summed E-state index contributed by atoms with van der Waals surface area (Å²) in [7, 11) is 0. The SMILES string of the molecule is CCc1ccc2cc(-c3ccccc3)cc(CCNC(=O)C(F)(F)F)c2c1. The van der Waals surface area contributed by atoms with Crippen molar-refractivity contribution in [3.05, 3.63) is 71.8 Å². The number of fused-ring (bicyclic) bond motifs is 1. The lowest BCUT2D eigenvalue weighted by molar-refractivity contribution is -0.173. The number of amides is 1. The summed E-state index contributed by atoms with van der Waals surface area (Å²) in [4.78, 5) is 11.1. The summed E-state index contributed by atoms with van der Waals surface area (Å²) in [6, 6.07) is 20.1. The summed E-state index contributed by atoms with van der Waals surface area (Å²) >= 11 is 0. The van der Waals surface area contributed by atoms with Crippen LogP contribution in [0.15, 0.2) is 60.7 Å². The van der Waals surface area contributed by atoms with Crippen molar-refractivity contribution in [1.29, 1.82) is 0 Å². The third-order valence-electron chi connectivity index (χ3n) is 4.56. The first-order valence-corrected chi connectivity index (χ1v) is 8.84. The molecular weight excluding hydrogens is 351 g/mol. The molecule has 0 saturated carbocycles. The van der Waals surface area contributed by atoms with Crippen molar-refractivity contribution in [1.82, 2.24) is 5.32 Å². The van der Waals surface area contributed by atoms with E-state index in [0.29, 0.717) is 6.42 Å². The second-order valence-electron chi connectivity index (χ2n) is 6.41. The Balaban J connectivity index is 1.96. The van der Waals surface area contributed by atoms with Crippen molar-refractivity contribution in [3.8, 4) is 11.1 Å². The number of carbonyl (C=O) groups excluding carboxylic acids is 1. The van der Waals surface area contributed by atoms with Crippen molar-refractivity contribution < 1.29 is 18.0 Å². The molecule has 0 aliphatic carbocycles. The van der Waals surface area contributed by atoms with Gasteiger partial charge in [0.05, 0.1) is 0 Å². The van der Waals surface area contributed by atoms with Crippen molar-refractivity contribution in [2.24, 2.45) is 0 Å². The van der Waals surface area contributed by atoms with Crippen LogP contribution in [0.3, 0.4) is 0 Å². The Kier molecular flexibility index (Phi) is 5.49. The van der Waals surface area contributed by atoms with Gasteiger partial charge < -0.3 is 5.32 Å². The molecule has 2 nitrogen and oxygen atoms in total. The van der Waals surface area contributed by atoms with Crippen LogP contribution in [0.1, 0.15) is 18.1 Å². The van der Waals surface area contributed by atoms with Crippen molar-refractivity contribution in [2.75, 3.05) is 6.54 Å². The summed E-state index contributed by atoms with van der Waals surface area (Å²) in [5, 5.41) is 4.00. The van der Waals surface area contributed by atoms with Crippen molar-refractivity contribution >= 4 is 16.7 Å². The topological polar surface area (TPSA) is 29.1 Å². The summed E-state index contributed by atoms with van der Waals surface area (Å²) < 4.78 is 37.2. The van der Waals surface area contributed by atoms with Crippen LogP contribution in [0.2, 0.25) is 0 Å². The van der Waals surface area contributed by atoms with E-state index in [0.717, 1.165) is 39.4 Å². The van der Waals surface area contributed by atoms with E-state index >= 15 is 0 Å². The van der Waals surface area contributed by atoms with Gasteiger partial charge in [-0.3, -0.25) is 4.79 Å². The van der Waals surface area contributed by atoms with Gasteiger partial charge in [0.25, 0.3) is 0 Å². The molecule has 5 heteroatoms. The molecule has 3 rings (SSSR count). The Morgan fingerprint density at radius 3 is 2.37 bits per heavy atom. The summed E-state index contributed by atoms with van der Waals surface area (Å²) in [5.74, 6) is -1.90. The van der Waals surface area contributed by atoms with Crippen LogP contribution in [-0.4, -0.2) is 18.6 Å². The average Bonchev–Trinajstić information content (AvgIpc) is 2.67. The highest BCUT2D eigenvalue weighted by atomic mass is 19.4. The molecule has 3 aromatic rings. The van der Waals surface area contributed by atoms with E-state index in [4.69, 9.17) is 0 Å². The molecular formula is C22H20F3NO. The zero-order valence-corrected chi connectivity index (χ0v) is 14.9. The van der Waals surface area contributed by atoms with E-state index in [2.05, 4.69) is 25.1 Å². The molecule has 0 fully saturated rings. The fourth-order valence-electron chi connectivity index (χ4n) is 3.12. The van der Waals surface area contributed by atoms with Gasteiger partial charge in [0.15, 0.2) is 0 Å². The summed E-state index contributed by atoms with van der Waals surface area (Å²) in [5.41, 5.74) is 4.13. The average molecular weight is 371 g/mol. The molecule has 0 heterocycles. The summed E-state index contributed by atoms with van der Waals surface area (Å²) in [6.45, 7) is 1.99. The van der Waals surface area contributed by atoms with Crippen LogP contribution >= 0.6 is 0 Å². The van der Waals surface area contributed by atoms with Gasteiger partial charge in [-0.25, -0.2) is 0 Å². The van der Waals surface area contributed by atoms with E-state index in [9.17, 15) is 18.0 Å². The van der Waals surface area contributed by atoms with Gasteiger partial charge in [-0.15, -0.1) is 0 Å². The number of carbonyl (C=O) groups is 1. The zero-order chi connectivity index (χ0) is 19.4. The molecule has 0 atom stereocenters. The Labute approximate surface area is 156 Å². The number of rotatable bonds is 5. The minimum absolute atomic E-state index is 0.0674. The first-order valence-electron chi connectivity index (χ1n) is 8.84. The maximum Gasteiger partial charge on any atom is 0.471 e. The van der Waals surface area contributed by atoms with Crippen LogP contribution < -0.4 is 5.32 Å². The maximum atomic E-state index is 12.4. The number of benzene rings is 3. The van der Waals surface area contributed by atoms with Crippen LogP contribution in [0, 0.1) is 0 Å². The second-order valence-corrected chi connectivity index (χ2v) is 6.41. The smallest absolute Gasteiger partial charge is 0.348 e. The third kappa shape index (κ3) is 4.48. The number of aryl methyl sites for hydroxylation is 1. The minimum atomic E-state index is -4.86. The Hall–Kier alpha value is -2.82. The number of hydrogen-bond donors (Lipinski definition) is 1. The second kappa shape index (κ2) is 7.82. The molecule has 3 aromatic carbocycles. The largest absolute Gasteiger partial charge is 0.471 e. The molecule has 140 valence electrons. The van der Waals surface area contributed by atoms with Gasteiger partial charge in [-0.2, -0.15) is 13.2 Å². The van der Waals surface area contributed by atoms with Gasteiger partial charge in [-0.1, -0.05) is 61.5 Å². The Morgan fingerprint density at radius 1 is 0.963 bits per heavy atom. The molecule has 27 heavy (non-hydrogen) atoms. The van der Waals surface area contributed by atoms with E-state index in [1.165, 1.54) is 0 Å². The van der Waals surface area contributed by atoms with Crippen molar-refractivity contribution in [3.63, 3.8) is 0 Å². The highest BCUT2D eigenvalue weighted by molar-refractivity contribution is 5.91. The predicted octanol–water partition coefficient (Wildman–Crippen LogP) is 5.29. The predicted molar refractivity (Wildman–Crippen MR) is 102 cm³/mol. The normalized spacial score (nSPS) is 11.6. The summed E-state index contributed by atoms with van der Waals surface area (Å²) in [6.07, 6.45) is -3.66. The Morgan fingerprint density at radius 2 is 1.70 bits per heavy atom. The quantitative estimate of drug-likeness (QED) is 0.649. The number of hydrogen-bond acceptors (Lipinski definition) is 1. The monoisotopic (exact) mass is 371 g/mol. The lowest BCUT2D eigenvalue weighted by Crippen LogP contribution is -2.37. The van der Waals surface area contributed by atoms with Crippen LogP contribution in [0.25, 0.3) is 21.9 Å². The van der Waals surface area contributed by atoms with Crippen LogP contribution in [0.4, 0.5) is 13.2 Å². The molecule has 0 radical (unpaired) electrons. The molecule has 0 aliphatic heterocycles.